The number of ether oxygens (including phenoxy) is 1. The van der Waals surface area contributed by atoms with Gasteiger partial charge in [-0.3, -0.25) is 4.79 Å². The van der Waals surface area contributed by atoms with Gasteiger partial charge in [0.05, 0.1) is 15.2 Å². The van der Waals surface area contributed by atoms with E-state index >= 15 is 0 Å². The number of hydrogen-bond donors (Lipinski definition) is 1. The molecule has 4 nitrogen and oxygen atoms in total. The van der Waals surface area contributed by atoms with Crippen LogP contribution in [0.5, 0.6) is 5.75 Å². The van der Waals surface area contributed by atoms with E-state index in [1.54, 1.807) is 18.3 Å². The number of benzene rings is 2. The number of aromatic nitrogens is 1. The molecule has 0 radical (unpaired) electrons. The second-order valence-corrected chi connectivity index (χ2v) is 6.72. The van der Waals surface area contributed by atoms with Crippen molar-refractivity contribution in [1.29, 1.82) is 0 Å². The monoisotopic (exact) mass is 326 g/mol. The minimum atomic E-state index is -0.573. The van der Waals surface area contributed by atoms with Gasteiger partial charge in [0, 0.05) is 5.69 Å². The third-order valence-electron chi connectivity index (χ3n) is 3.43. The Kier molecular flexibility index (Phi) is 4.30. The van der Waals surface area contributed by atoms with Crippen LogP contribution in [0.1, 0.15) is 17.5 Å². The number of carbonyl (C=O) groups excluding carboxylic acids is 1. The van der Waals surface area contributed by atoms with Crippen LogP contribution in [0.3, 0.4) is 0 Å². The van der Waals surface area contributed by atoms with Crippen molar-refractivity contribution in [3.8, 4) is 5.75 Å². The molecule has 1 amide bonds. The number of hydrogen-bond acceptors (Lipinski definition) is 4. The average molecular weight is 326 g/mol. The van der Waals surface area contributed by atoms with Gasteiger partial charge in [0.2, 0.25) is 0 Å². The van der Waals surface area contributed by atoms with E-state index in [4.69, 9.17) is 4.74 Å². The quantitative estimate of drug-likeness (QED) is 0.777. The van der Waals surface area contributed by atoms with Gasteiger partial charge in [0.1, 0.15) is 5.75 Å². The minimum Gasteiger partial charge on any atom is -0.481 e. The summed E-state index contributed by atoms with van der Waals surface area (Å²) in [6.07, 6.45) is -0.573. The van der Waals surface area contributed by atoms with Crippen LogP contribution < -0.4 is 10.1 Å². The maximum atomic E-state index is 12.3. The molecule has 0 unspecified atom stereocenters. The molecule has 0 bridgehead atoms. The van der Waals surface area contributed by atoms with E-state index in [2.05, 4.69) is 10.3 Å². The molecule has 3 aromatic rings. The molecule has 0 aliphatic rings. The fraction of sp³-hybridized carbons (Fsp3) is 0.222. The molecule has 0 saturated carbocycles. The van der Waals surface area contributed by atoms with Crippen molar-refractivity contribution >= 4 is 33.1 Å². The number of amides is 1. The number of nitrogens with zero attached hydrogens (tertiary/aromatic N) is 1. The van der Waals surface area contributed by atoms with Crippen LogP contribution in [-0.2, 0) is 4.79 Å². The van der Waals surface area contributed by atoms with Crippen LogP contribution in [0.2, 0.25) is 0 Å². The van der Waals surface area contributed by atoms with Gasteiger partial charge in [0.25, 0.3) is 5.91 Å². The summed E-state index contributed by atoms with van der Waals surface area (Å²) in [5, 5.41) is 3.91. The molecule has 23 heavy (non-hydrogen) atoms. The molecular formula is C18H18N2O2S. The SMILES string of the molecule is Cc1cccc(O[C@@H](C)C(=O)Nc2ccc3nc(C)sc3c2)c1. The van der Waals surface area contributed by atoms with Gasteiger partial charge in [-0.25, -0.2) is 4.98 Å². The van der Waals surface area contributed by atoms with E-state index in [-0.39, 0.29) is 5.91 Å². The third kappa shape index (κ3) is 3.68. The van der Waals surface area contributed by atoms with E-state index in [0.717, 1.165) is 26.5 Å². The van der Waals surface area contributed by atoms with E-state index in [1.165, 1.54) is 0 Å². The smallest absolute Gasteiger partial charge is 0.265 e. The first-order valence-electron chi connectivity index (χ1n) is 7.42. The van der Waals surface area contributed by atoms with E-state index < -0.39 is 6.10 Å². The number of fused-ring (bicyclic) bond motifs is 1. The lowest BCUT2D eigenvalue weighted by Gasteiger charge is -2.15. The summed E-state index contributed by atoms with van der Waals surface area (Å²) in [5.41, 5.74) is 2.81. The second-order valence-electron chi connectivity index (χ2n) is 5.48. The molecular weight excluding hydrogens is 308 g/mol. The molecule has 5 heteroatoms. The molecule has 1 atom stereocenters. The summed E-state index contributed by atoms with van der Waals surface area (Å²) in [5.74, 6) is 0.522. The van der Waals surface area contributed by atoms with Gasteiger partial charge in [-0.05, 0) is 56.7 Å². The van der Waals surface area contributed by atoms with Crippen LogP contribution >= 0.6 is 11.3 Å². The fourth-order valence-electron chi connectivity index (χ4n) is 2.31. The predicted octanol–water partition coefficient (Wildman–Crippen LogP) is 4.32. The first kappa shape index (κ1) is 15.5. The molecule has 0 aliphatic heterocycles. The Hall–Kier alpha value is -2.40. The Morgan fingerprint density at radius 1 is 1.22 bits per heavy atom. The topological polar surface area (TPSA) is 51.2 Å². The van der Waals surface area contributed by atoms with Crippen molar-refractivity contribution in [2.45, 2.75) is 26.9 Å². The summed E-state index contributed by atoms with van der Waals surface area (Å²) in [6, 6.07) is 13.4. The first-order chi connectivity index (χ1) is 11.0. The van der Waals surface area contributed by atoms with Crippen LogP contribution in [0, 0.1) is 13.8 Å². The molecule has 118 valence electrons. The Morgan fingerprint density at radius 3 is 2.83 bits per heavy atom. The zero-order chi connectivity index (χ0) is 16.4. The second kappa shape index (κ2) is 6.38. The van der Waals surface area contributed by atoms with Gasteiger partial charge in [-0.2, -0.15) is 0 Å². The maximum Gasteiger partial charge on any atom is 0.265 e. The van der Waals surface area contributed by atoms with Crippen molar-refractivity contribution in [3.63, 3.8) is 0 Å². The summed E-state index contributed by atoms with van der Waals surface area (Å²) in [6.45, 7) is 5.71. The minimum absolute atomic E-state index is 0.174. The molecule has 0 aliphatic carbocycles. The number of anilines is 1. The normalized spacial score (nSPS) is 12.1. The number of aryl methyl sites for hydroxylation is 2. The summed E-state index contributed by atoms with van der Waals surface area (Å²) < 4.78 is 6.76. The lowest BCUT2D eigenvalue weighted by atomic mass is 10.2. The largest absolute Gasteiger partial charge is 0.481 e. The Morgan fingerprint density at radius 2 is 2.04 bits per heavy atom. The lowest BCUT2D eigenvalue weighted by molar-refractivity contribution is -0.122. The van der Waals surface area contributed by atoms with Crippen molar-refractivity contribution in [3.05, 3.63) is 53.0 Å². The van der Waals surface area contributed by atoms with Gasteiger partial charge in [-0.1, -0.05) is 12.1 Å². The molecule has 0 saturated heterocycles. The standard InChI is InChI=1S/C18H18N2O2S/c1-11-5-4-6-15(9-11)22-12(2)18(21)20-14-7-8-16-17(10-14)23-13(3)19-16/h4-10,12H,1-3H3,(H,20,21)/t12-/m0/s1. The highest BCUT2D eigenvalue weighted by molar-refractivity contribution is 7.18. The predicted molar refractivity (Wildman–Crippen MR) is 94.3 cm³/mol. The highest BCUT2D eigenvalue weighted by atomic mass is 32.1. The molecule has 3 rings (SSSR count). The summed E-state index contributed by atoms with van der Waals surface area (Å²) in [4.78, 5) is 16.7. The van der Waals surface area contributed by atoms with Crippen molar-refractivity contribution in [1.82, 2.24) is 4.98 Å². The van der Waals surface area contributed by atoms with Crippen LogP contribution in [0.4, 0.5) is 5.69 Å². The first-order valence-corrected chi connectivity index (χ1v) is 8.24. The zero-order valence-corrected chi connectivity index (χ0v) is 14.1. The van der Waals surface area contributed by atoms with Gasteiger partial charge < -0.3 is 10.1 Å². The number of thiazole rings is 1. The summed E-state index contributed by atoms with van der Waals surface area (Å²) >= 11 is 1.61. The Bertz CT molecular complexity index is 857. The maximum absolute atomic E-state index is 12.3. The van der Waals surface area contributed by atoms with Gasteiger partial charge in [0.15, 0.2) is 6.10 Å². The van der Waals surface area contributed by atoms with Crippen molar-refractivity contribution in [2.24, 2.45) is 0 Å². The molecule has 1 aromatic heterocycles. The lowest BCUT2D eigenvalue weighted by Crippen LogP contribution is -2.30. The van der Waals surface area contributed by atoms with E-state index in [9.17, 15) is 4.79 Å². The molecule has 0 spiro atoms. The molecule has 1 heterocycles. The van der Waals surface area contributed by atoms with Crippen LogP contribution in [0.25, 0.3) is 10.2 Å². The number of nitrogens with one attached hydrogen (secondary N) is 1. The van der Waals surface area contributed by atoms with Crippen molar-refractivity contribution in [2.75, 3.05) is 5.32 Å². The highest BCUT2D eigenvalue weighted by Crippen LogP contribution is 2.25. The zero-order valence-electron chi connectivity index (χ0n) is 13.3. The molecule has 1 N–H and O–H groups in total. The third-order valence-corrected chi connectivity index (χ3v) is 4.37. The van der Waals surface area contributed by atoms with E-state index in [0.29, 0.717) is 5.75 Å². The van der Waals surface area contributed by atoms with Crippen LogP contribution in [0.15, 0.2) is 42.5 Å². The van der Waals surface area contributed by atoms with Gasteiger partial charge in [-0.15, -0.1) is 11.3 Å². The number of carbonyl (C=O) groups is 1. The fourth-order valence-corrected chi connectivity index (χ4v) is 3.17. The van der Waals surface area contributed by atoms with Crippen molar-refractivity contribution < 1.29 is 9.53 Å². The Labute approximate surface area is 139 Å². The van der Waals surface area contributed by atoms with Crippen LogP contribution in [-0.4, -0.2) is 17.0 Å². The van der Waals surface area contributed by atoms with E-state index in [1.807, 2.05) is 56.3 Å². The molecule has 0 fully saturated rings. The average Bonchev–Trinajstić information content (AvgIpc) is 2.86. The highest BCUT2D eigenvalue weighted by Gasteiger charge is 2.15. The molecule has 2 aromatic carbocycles. The summed E-state index contributed by atoms with van der Waals surface area (Å²) in [7, 11) is 0. The van der Waals surface area contributed by atoms with Gasteiger partial charge >= 0.3 is 0 Å². The Balaban J connectivity index is 1.69. The number of rotatable bonds is 4.